The highest BCUT2D eigenvalue weighted by Gasteiger charge is 2.25. The third-order valence-corrected chi connectivity index (χ3v) is 5.72. The van der Waals surface area contributed by atoms with Crippen LogP contribution in [0.3, 0.4) is 0 Å². The van der Waals surface area contributed by atoms with Gasteiger partial charge in [0.15, 0.2) is 0 Å². The van der Waals surface area contributed by atoms with Gasteiger partial charge in [-0.1, -0.05) is 56.0 Å². The monoisotopic (exact) mass is 338 g/mol. The third-order valence-electron chi connectivity index (χ3n) is 5.72. The summed E-state index contributed by atoms with van der Waals surface area (Å²) in [7, 11) is 0. The van der Waals surface area contributed by atoms with Gasteiger partial charge in [-0.15, -0.1) is 0 Å². The molecule has 2 N–H and O–H groups in total. The van der Waals surface area contributed by atoms with Gasteiger partial charge >= 0.3 is 0 Å². The summed E-state index contributed by atoms with van der Waals surface area (Å²) in [6.45, 7) is 7.33. The minimum Gasteiger partial charge on any atom is -0.366 e. The molecule has 0 radical (unpaired) electrons. The van der Waals surface area contributed by atoms with E-state index >= 15 is 0 Å². The number of nitrogens with two attached hydrogens (primary N) is 1. The molecule has 1 heterocycles. The molecule has 3 rings (SSSR count). The van der Waals surface area contributed by atoms with Crippen molar-refractivity contribution in [3.05, 3.63) is 46.8 Å². The lowest BCUT2D eigenvalue weighted by Crippen LogP contribution is -2.17. The van der Waals surface area contributed by atoms with Crippen LogP contribution in [0.5, 0.6) is 0 Å². The Bertz CT molecular complexity index is 749. The number of hydrogen-bond acceptors (Lipinski definition) is 1. The average Bonchev–Trinajstić information content (AvgIpc) is 2.88. The minimum absolute atomic E-state index is 0.315. The molecule has 0 bridgehead atoms. The van der Waals surface area contributed by atoms with E-state index in [0.29, 0.717) is 5.56 Å². The quantitative estimate of drug-likeness (QED) is 0.818. The van der Waals surface area contributed by atoms with Gasteiger partial charge in [0.05, 0.1) is 5.56 Å². The molecule has 0 atom stereocenters. The Balaban J connectivity index is 2.10. The van der Waals surface area contributed by atoms with Crippen LogP contribution in [0.2, 0.25) is 0 Å². The smallest absolute Gasteiger partial charge is 0.251 e. The molecule has 1 aromatic heterocycles. The number of carbonyl (C=O) groups excluding carboxylic acids is 1. The standard InChI is InChI=1S/C22H30N2O/c1-4-19-21(18-12-10-15(2)11-13-18)20(22(23)25)16(3)24(19)14-17-8-6-5-7-9-17/h10-13,17H,4-9,14H2,1-3H3,(H2,23,25). The van der Waals surface area contributed by atoms with Crippen LogP contribution in [0.15, 0.2) is 24.3 Å². The maximum Gasteiger partial charge on any atom is 0.251 e. The maximum atomic E-state index is 12.3. The van der Waals surface area contributed by atoms with Gasteiger partial charge in [-0.2, -0.15) is 0 Å². The second kappa shape index (κ2) is 7.47. The van der Waals surface area contributed by atoms with Crippen molar-refractivity contribution in [2.24, 2.45) is 11.7 Å². The Hall–Kier alpha value is -2.03. The average molecular weight is 338 g/mol. The van der Waals surface area contributed by atoms with Crippen LogP contribution in [0.4, 0.5) is 0 Å². The molecule has 0 aliphatic heterocycles. The zero-order chi connectivity index (χ0) is 18.0. The van der Waals surface area contributed by atoms with Gasteiger partial charge in [-0.3, -0.25) is 4.79 Å². The highest BCUT2D eigenvalue weighted by Crippen LogP contribution is 2.35. The number of primary amides is 1. The SMILES string of the molecule is CCc1c(-c2ccc(C)cc2)c(C(N)=O)c(C)n1CC1CCCCC1. The molecule has 1 aromatic carbocycles. The third kappa shape index (κ3) is 3.51. The predicted octanol–water partition coefficient (Wildman–Crippen LogP) is 5.01. The van der Waals surface area contributed by atoms with Crippen molar-refractivity contribution >= 4 is 5.91 Å². The Kier molecular flexibility index (Phi) is 5.31. The Morgan fingerprint density at radius 3 is 2.32 bits per heavy atom. The highest BCUT2D eigenvalue weighted by atomic mass is 16.1. The summed E-state index contributed by atoms with van der Waals surface area (Å²) in [6, 6.07) is 8.43. The lowest BCUT2D eigenvalue weighted by atomic mass is 9.89. The molecular formula is C22H30N2O. The van der Waals surface area contributed by atoms with Crippen LogP contribution in [0, 0.1) is 19.8 Å². The number of amides is 1. The lowest BCUT2D eigenvalue weighted by Gasteiger charge is -2.24. The van der Waals surface area contributed by atoms with Gasteiger partial charge in [-0.05, 0) is 44.6 Å². The summed E-state index contributed by atoms with van der Waals surface area (Å²) in [5.74, 6) is 0.405. The Morgan fingerprint density at radius 2 is 1.76 bits per heavy atom. The van der Waals surface area contributed by atoms with E-state index in [2.05, 4.69) is 49.6 Å². The van der Waals surface area contributed by atoms with Crippen molar-refractivity contribution in [2.45, 2.75) is 65.8 Å². The second-order valence-electron chi connectivity index (χ2n) is 7.48. The largest absolute Gasteiger partial charge is 0.366 e. The highest BCUT2D eigenvalue weighted by molar-refractivity contribution is 6.02. The summed E-state index contributed by atoms with van der Waals surface area (Å²) in [5, 5.41) is 0. The number of carbonyl (C=O) groups is 1. The zero-order valence-corrected chi connectivity index (χ0v) is 15.8. The topological polar surface area (TPSA) is 48.0 Å². The number of aryl methyl sites for hydroxylation is 1. The molecule has 25 heavy (non-hydrogen) atoms. The van der Waals surface area contributed by atoms with E-state index < -0.39 is 0 Å². The van der Waals surface area contributed by atoms with E-state index in [4.69, 9.17) is 5.73 Å². The van der Waals surface area contributed by atoms with Crippen molar-refractivity contribution in [1.29, 1.82) is 0 Å². The van der Waals surface area contributed by atoms with Crippen molar-refractivity contribution in [3.8, 4) is 11.1 Å². The molecule has 1 saturated carbocycles. The van der Waals surface area contributed by atoms with Crippen LogP contribution in [-0.4, -0.2) is 10.5 Å². The number of nitrogens with zero attached hydrogens (tertiary/aromatic N) is 1. The number of aromatic nitrogens is 1. The molecule has 1 amide bonds. The Morgan fingerprint density at radius 1 is 1.12 bits per heavy atom. The van der Waals surface area contributed by atoms with Gasteiger partial charge in [0.25, 0.3) is 5.91 Å². The van der Waals surface area contributed by atoms with Crippen molar-refractivity contribution in [1.82, 2.24) is 4.57 Å². The molecule has 134 valence electrons. The zero-order valence-electron chi connectivity index (χ0n) is 15.8. The fourth-order valence-electron chi connectivity index (χ4n) is 4.37. The summed E-state index contributed by atoms with van der Waals surface area (Å²) < 4.78 is 2.38. The Labute approximate surface area is 151 Å². The summed E-state index contributed by atoms with van der Waals surface area (Å²) in [6.07, 6.45) is 7.53. The molecule has 2 aromatic rings. The van der Waals surface area contributed by atoms with E-state index in [1.807, 2.05) is 0 Å². The van der Waals surface area contributed by atoms with Gasteiger partial charge in [0.1, 0.15) is 0 Å². The fourth-order valence-corrected chi connectivity index (χ4v) is 4.37. The molecule has 3 nitrogen and oxygen atoms in total. The van der Waals surface area contributed by atoms with Crippen molar-refractivity contribution in [3.63, 3.8) is 0 Å². The van der Waals surface area contributed by atoms with Crippen LogP contribution in [0.1, 0.15) is 66.3 Å². The van der Waals surface area contributed by atoms with Crippen LogP contribution in [-0.2, 0) is 13.0 Å². The van der Waals surface area contributed by atoms with Gasteiger partial charge in [0.2, 0.25) is 0 Å². The molecule has 0 spiro atoms. The van der Waals surface area contributed by atoms with E-state index in [0.717, 1.165) is 35.7 Å². The second-order valence-corrected chi connectivity index (χ2v) is 7.48. The van der Waals surface area contributed by atoms with Gasteiger partial charge in [-0.25, -0.2) is 0 Å². The predicted molar refractivity (Wildman–Crippen MR) is 104 cm³/mol. The molecular weight excluding hydrogens is 308 g/mol. The van der Waals surface area contributed by atoms with E-state index in [9.17, 15) is 4.79 Å². The molecule has 3 heteroatoms. The van der Waals surface area contributed by atoms with Crippen molar-refractivity contribution in [2.75, 3.05) is 0 Å². The summed E-state index contributed by atoms with van der Waals surface area (Å²) in [4.78, 5) is 12.3. The number of rotatable bonds is 5. The lowest BCUT2D eigenvalue weighted by molar-refractivity contribution is 0.1000. The van der Waals surface area contributed by atoms with E-state index in [-0.39, 0.29) is 5.91 Å². The maximum absolute atomic E-state index is 12.3. The molecule has 1 aliphatic carbocycles. The minimum atomic E-state index is -0.315. The number of benzene rings is 1. The van der Waals surface area contributed by atoms with Gasteiger partial charge in [0, 0.05) is 23.5 Å². The van der Waals surface area contributed by atoms with Crippen LogP contribution in [0.25, 0.3) is 11.1 Å². The first-order valence-corrected chi connectivity index (χ1v) is 9.61. The normalized spacial score (nSPS) is 15.5. The first kappa shape index (κ1) is 17.8. The summed E-state index contributed by atoms with van der Waals surface area (Å²) in [5.41, 5.74) is 12.2. The van der Waals surface area contributed by atoms with Crippen LogP contribution >= 0.6 is 0 Å². The molecule has 1 fully saturated rings. The number of hydrogen-bond donors (Lipinski definition) is 1. The van der Waals surface area contributed by atoms with E-state index in [1.54, 1.807) is 0 Å². The molecule has 1 aliphatic rings. The fraction of sp³-hybridized carbons (Fsp3) is 0.500. The van der Waals surface area contributed by atoms with Crippen LogP contribution < -0.4 is 5.73 Å². The van der Waals surface area contributed by atoms with E-state index in [1.165, 1.54) is 43.4 Å². The molecule has 0 saturated heterocycles. The van der Waals surface area contributed by atoms with Crippen molar-refractivity contribution < 1.29 is 4.79 Å². The first-order valence-electron chi connectivity index (χ1n) is 9.61. The van der Waals surface area contributed by atoms with Gasteiger partial charge < -0.3 is 10.3 Å². The first-order chi connectivity index (χ1) is 12.0. The molecule has 0 unspecified atom stereocenters. The summed E-state index contributed by atoms with van der Waals surface area (Å²) >= 11 is 0.